The van der Waals surface area contributed by atoms with Crippen LogP contribution in [0.4, 0.5) is 0 Å². The molecule has 0 amide bonds. The van der Waals surface area contributed by atoms with Gasteiger partial charge in [-0.25, -0.2) is 0 Å². The lowest BCUT2D eigenvalue weighted by Crippen LogP contribution is -2.24. The highest BCUT2D eigenvalue weighted by atomic mass is 35.5. The molecule has 0 saturated carbocycles. The summed E-state index contributed by atoms with van der Waals surface area (Å²) in [5.74, 6) is 0.739. The third kappa shape index (κ3) is 5.93. The summed E-state index contributed by atoms with van der Waals surface area (Å²) in [5.41, 5.74) is 2.08. The van der Waals surface area contributed by atoms with Crippen LogP contribution in [0.25, 0.3) is 0 Å². The first kappa shape index (κ1) is 17.3. The molecular formula is C18H21ClN2O2. The van der Waals surface area contributed by atoms with E-state index in [1.165, 1.54) is 12.7 Å². The molecule has 0 N–H and O–H groups in total. The van der Waals surface area contributed by atoms with Gasteiger partial charge in [-0.05, 0) is 30.8 Å². The van der Waals surface area contributed by atoms with Crippen LogP contribution in [0, 0.1) is 0 Å². The molecule has 0 fully saturated rings. The minimum atomic E-state index is 0.582. The molecule has 0 unspecified atom stereocenters. The maximum atomic E-state index is 6.00. The van der Waals surface area contributed by atoms with Crippen molar-refractivity contribution in [2.75, 3.05) is 27.3 Å². The fraction of sp³-hybridized carbons (Fsp3) is 0.278. The second-order valence-corrected chi connectivity index (χ2v) is 5.61. The van der Waals surface area contributed by atoms with E-state index in [1.54, 1.807) is 18.3 Å². The van der Waals surface area contributed by atoms with Gasteiger partial charge in [-0.3, -0.25) is 4.90 Å². The Bertz CT molecular complexity index is 632. The van der Waals surface area contributed by atoms with Crippen LogP contribution >= 0.6 is 11.6 Å². The zero-order valence-corrected chi connectivity index (χ0v) is 14.2. The SMILES string of the molecule is CON=Cc1cc(Cl)ccc1OCCN(C)Cc1ccccc1. The Kier molecular flexibility index (Phi) is 6.91. The number of hydrogen-bond acceptors (Lipinski definition) is 4. The van der Waals surface area contributed by atoms with Gasteiger partial charge in [0, 0.05) is 23.7 Å². The van der Waals surface area contributed by atoms with Crippen molar-refractivity contribution in [3.8, 4) is 5.75 Å². The molecule has 0 spiro atoms. The van der Waals surface area contributed by atoms with Gasteiger partial charge in [-0.1, -0.05) is 47.1 Å². The van der Waals surface area contributed by atoms with Crippen LogP contribution < -0.4 is 4.74 Å². The smallest absolute Gasteiger partial charge is 0.128 e. The fourth-order valence-corrected chi connectivity index (χ4v) is 2.33. The Balaban J connectivity index is 1.87. The fourth-order valence-electron chi connectivity index (χ4n) is 2.15. The number of benzene rings is 2. The van der Waals surface area contributed by atoms with Crippen LogP contribution in [0.3, 0.4) is 0 Å². The lowest BCUT2D eigenvalue weighted by Gasteiger charge is -2.17. The summed E-state index contributed by atoms with van der Waals surface area (Å²) in [4.78, 5) is 6.93. The maximum absolute atomic E-state index is 6.00. The molecule has 0 radical (unpaired) electrons. The average Bonchev–Trinajstić information content (AvgIpc) is 2.55. The van der Waals surface area contributed by atoms with Crippen molar-refractivity contribution < 1.29 is 9.57 Å². The van der Waals surface area contributed by atoms with Crippen LogP contribution in [0.1, 0.15) is 11.1 Å². The summed E-state index contributed by atoms with van der Waals surface area (Å²) in [5, 5.41) is 4.40. The van der Waals surface area contributed by atoms with Gasteiger partial charge in [-0.15, -0.1) is 0 Å². The number of nitrogens with zero attached hydrogens (tertiary/aromatic N) is 2. The van der Waals surface area contributed by atoms with E-state index in [1.807, 2.05) is 12.1 Å². The molecule has 2 rings (SSSR count). The van der Waals surface area contributed by atoms with Crippen LogP contribution in [0.15, 0.2) is 53.7 Å². The predicted molar refractivity (Wildman–Crippen MR) is 94.3 cm³/mol. The number of ether oxygens (including phenoxy) is 1. The van der Waals surface area contributed by atoms with E-state index in [0.29, 0.717) is 11.6 Å². The lowest BCUT2D eigenvalue weighted by atomic mass is 10.2. The van der Waals surface area contributed by atoms with Crippen molar-refractivity contribution in [3.63, 3.8) is 0 Å². The van der Waals surface area contributed by atoms with Crippen LogP contribution in [0.2, 0.25) is 5.02 Å². The molecule has 2 aromatic carbocycles. The van der Waals surface area contributed by atoms with E-state index in [2.05, 4.69) is 41.4 Å². The number of likely N-dealkylation sites (N-methyl/N-ethyl adjacent to an activating group) is 1. The van der Waals surface area contributed by atoms with Crippen LogP contribution in [0.5, 0.6) is 5.75 Å². The molecule has 122 valence electrons. The molecule has 0 atom stereocenters. The van der Waals surface area contributed by atoms with E-state index in [0.717, 1.165) is 24.4 Å². The normalized spacial score (nSPS) is 11.1. The lowest BCUT2D eigenvalue weighted by molar-refractivity contribution is 0.215. The van der Waals surface area contributed by atoms with Gasteiger partial charge < -0.3 is 9.57 Å². The molecule has 0 saturated heterocycles. The highest BCUT2D eigenvalue weighted by Gasteiger charge is 2.05. The molecule has 0 bridgehead atoms. The molecule has 23 heavy (non-hydrogen) atoms. The number of rotatable bonds is 8. The molecule has 0 aromatic heterocycles. The first-order valence-electron chi connectivity index (χ1n) is 7.40. The van der Waals surface area contributed by atoms with Gasteiger partial charge in [0.2, 0.25) is 0 Å². The maximum Gasteiger partial charge on any atom is 0.128 e. The molecule has 4 nitrogen and oxygen atoms in total. The van der Waals surface area contributed by atoms with Gasteiger partial charge in [0.1, 0.15) is 19.5 Å². The summed E-state index contributed by atoms with van der Waals surface area (Å²) in [6.45, 7) is 2.29. The summed E-state index contributed by atoms with van der Waals surface area (Å²) in [6.07, 6.45) is 1.59. The van der Waals surface area contributed by atoms with E-state index in [-0.39, 0.29) is 0 Å². The quantitative estimate of drug-likeness (QED) is 0.544. The number of hydrogen-bond donors (Lipinski definition) is 0. The molecule has 0 aliphatic carbocycles. The zero-order chi connectivity index (χ0) is 16.5. The number of halogens is 1. The number of oxime groups is 1. The Labute approximate surface area is 142 Å². The Hall–Kier alpha value is -2.04. The Morgan fingerprint density at radius 3 is 2.70 bits per heavy atom. The standard InChI is InChI=1S/C18H21ClN2O2/c1-21(14-15-6-4-3-5-7-15)10-11-23-18-9-8-17(19)12-16(18)13-20-22-2/h3-9,12-13H,10-11,14H2,1-2H3. The van der Waals surface area contributed by atoms with E-state index in [9.17, 15) is 0 Å². The largest absolute Gasteiger partial charge is 0.492 e. The second kappa shape index (κ2) is 9.18. The molecule has 0 heterocycles. The van der Waals surface area contributed by atoms with Gasteiger partial charge in [0.05, 0.1) is 6.21 Å². The van der Waals surface area contributed by atoms with Crippen molar-refractivity contribution in [1.82, 2.24) is 4.90 Å². The highest BCUT2D eigenvalue weighted by molar-refractivity contribution is 6.30. The first-order chi connectivity index (χ1) is 11.2. The van der Waals surface area contributed by atoms with Crippen molar-refractivity contribution in [2.24, 2.45) is 5.16 Å². The highest BCUT2D eigenvalue weighted by Crippen LogP contribution is 2.21. The molecule has 2 aromatic rings. The van der Waals surface area contributed by atoms with Crippen LogP contribution in [-0.2, 0) is 11.4 Å². The van der Waals surface area contributed by atoms with Crippen molar-refractivity contribution >= 4 is 17.8 Å². The minimum absolute atomic E-state index is 0.582. The third-order valence-corrected chi connectivity index (χ3v) is 3.53. The van der Waals surface area contributed by atoms with Crippen LogP contribution in [-0.4, -0.2) is 38.4 Å². The summed E-state index contributed by atoms with van der Waals surface area (Å²) in [7, 11) is 3.58. The van der Waals surface area contributed by atoms with Gasteiger partial charge >= 0.3 is 0 Å². The Morgan fingerprint density at radius 1 is 1.17 bits per heavy atom. The molecule has 0 aliphatic rings. The molecule has 5 heteroatoms. The third-order valence-electron chi connectivity index (χ3n) is 3.29. The average molecular weight is 333 g/mol. The van der Waals surface area contributed by atoms with Crippen molar-refractivity contribution in [1.29, 1.82) is 0 Å². The van der Waals surface area contributed by atoms with E-state index >= 15 is 0 Å². The predicted octanol–water partition coefficient (Wildman–Crippen LogP) is 3.83. The van der Waals surface area contributed by atoms with E-state index in [4.69, 9.17) is 21.2 Å². The second-order valence-electron chi connectivity index (χ2n) is 5.17. The zero-order valence-electron chi connectivity index (χ0n) is 13.4. The first-order valence-corrected chi connectivity index (χ1v) is 7.78. The van der Waals surface area contributed by atoms with E-state index < -0.39 is 0 Å². The van der Waals surface area contributed by atoms with Crippen molar-refractivity contribution in [2.45, 2.75) is 6.54 Å². The van der Waals surface area contributed by atoms with Gasteiger partial charge in [0.25, 0.3) is 0 Å². The summed E-state index contributed by atoms with van der Waals surface area (Å²) in [6, 6.07) is 15.8. The topological polar surface area (TPSA) is 34.1 Å². The monoisotopic (exact) mass is 332 g/mol. The van der Waals surface area contributed by atoms with Gasteiger partial charge in [-0.2, -0.15) is 0 Å². The van der Waals surface area contributed by atoms with Gasteiger partial charge in [0.15, 0.2) is 0 Å². The Morgan fingerprint density at radius 2 is 1.96 bits per heavy atom. The summed E-state index contributed by atoms with van der Waals surface area (Å²) >= 11 is 6.00. The molecule has 0 aliphatic heterocycles. The minimum Gasteiger partial charge on any atom is -0.492 e. The summed E-state index contributed by atoms with van der Waals surface area (Å²) < 4.78 is 5.85. The van der Waals surface area contributed by atoms with Crippen molar-refractivity contribution in [3.05, 3.63) is 64.7 Å². The molecular weight excluding hydrogens is 312 g/mol.